The van der Waals surface area contributed by atoms with Crippen molar-refractivity contribution in [3.05, 3.63) is 23.8 Å². The van der Waals surface area contributed by atoms with Gasteiger partial charge in [0, 0.05) is 17.7 Å². The highest BCUT2D eigenvalue weighted by Gasteiger charge is 2.26. The van der Waals surface area contributed by atoms with Crippen LogP contribution in [0.4, 0.5) is 0 Å². The summed E-state index contributed by atoms with van der Waals surface area (Å²) < 4.78 is 7.85. The fourth-order valence-corrected chi connectivity index (χ4v) is 3.89. The molecule has 2 nitrogen and oxygen atoms in total. The SMILES string of the molecule is COc1ccc2c(c1)C=[N+](C1CCCCC1)CS2. The maximum atomic E-state index is 5.31. The van der Waals surface area contributed by atoms with Crippen LogP contribution in [0.3, 0.4) is 0 Å². The molecule has 1 heterocycles. The van der Waals surface area contributed by atoms with Crippen molar-refractivity contribution in [2.24, 2.45) is 0 Å². The predicted molar refractivity (Wildman–Crippen MR) is 76.0 cm³/mol. The van der Waals surface area contributed by atoms with E-state index >= 15 is 0 Å². The number of fused-ring (bicyclic) bond motifs is 1. The molecule has 0 unspecified atom stereocenters. The summed E-state index contributed by atoms with van der Waals surface area (Å²) in [6.07, 6.45) is 9.26. The maximum absolute atomic E-state index is 5.31. The zero-order valence-corrected chi connectivity index (χ0v) is 11.7. The first-order valence-corrected chi connectivity index (χ1v) is 7.77. The molecule has 0 saturated heterocycles. The standard InChI is InChI=1S/C15H20NOS/c1-17-14-7-8-15-12(9-14)10-16(11-18-15)13-5-3-2-4-6-13/h7-10,13H,2-6,11H2,1H3/q+1. The molecule has 0 radical (unpaired) electrons. The third-order valence-electron chi connectivity index (χ3n) is 3.93. The minimum atomic E-state index is 0.755. The average molecular weight is 262 g/mol. The van der Waals surface area contributed by atoms with E-state index in [0.717, 1.165) is 17.7 Å². The van der Waals surface area contributed by atoms with Crippen molar-refractivity contribution in [2.75, 3.05) is 13.0 Å². The largest absolute Gasteiger partial charge is 0.497 e. The Bertz CT molecular complexity index is 464. The highest BCUT2D eigenvalue weighted by atomic mass is 32.2. The van der Waals surface area contributed by atoms with Crippen LogP contribution < -0.4 is 4.74 Å². The van der Waals surface area contributed by atoms with Gasteiger partial charge in [-0.3, -0.25) is 0 Å². The van der Waals surface area contributed by atoms with Crippen molar-refractivity contribution in [1.82, 2.24) is 0 Å². The summed E-state index contributed by atoms with van der Waals surface area (Å²) in [7, 11) is 1.73. The smallest absolute Gasteiger partial charge is 0.193 e. The first kappa shape index (κ1) is 12.1. The molecule has 3 rings (SSSR count). The predicted octanol–water partition coefficient (Wildman–Crippen LogP) is 3.52. The molecule has 18 heavy (non-hydrogen) atoms. The van der Waals surface area contributed by atoms with Gasteiger partial charge in [0.25, 0.3) is 0 Å². The van der Waals surface area contributed by atoms with Gasteiger partial charge in [0.2, 0.25) is 0 Å². The van der Waals surface area contributed by atoms with E-state index < -0.39 is 0 Å². The summed E-state index contributed by atoms with van der Waals surface area (Å²) >= 11 is 1.95. The quantitative estimate of drug-likeness (QED) is 0.756. The Labute approximate surface area is 113 Å². The van der Waals surface area contributed by atoms with E-state index in [-0.39, 0.29) is 0 Å². The van der Waals surface area contributed by atoms with Crippen molar-refractivity contribution >= 4 is 18.0 Å². The summed E-state index contributed by atoms with van der Waals surface area (Å²) in [6, 6.07) is 7.13. The molecule has 0 N–H and O–H groups in total. The molecule has 2 aliphatic rings. The summed E-state index contributed by atoms with van der Waals surface area (Å²) in [5.74, 6) is 2.06. The fourth-order valence-electron chi connectivity index (χ4n) is 2.87. The fraction of sp³-hybridized carbons (Fsp3) is 0.533. The Hall–Kier alpha value is -0.960. The van der Waals surface area contributed by atoms with E-state index in [1.165, 1.54) is 42.6 Å². The van der Waals surface area contributed by atoms with Gasteiger partial charge in [-0.05, 0) is 31.0 Å². The molecule has 1 saturated carbocycles. The van der Waals surface area contributed by atoms with Crippen molar-refractivity contribution in [2.45, 2.75) is 43.0 Å². The van der Waals surface area contributed by atoms with Crippen molar-refractivity contribution in [3.63, 3.8) is 0 Å². The topological polar surface area (TPSA) is 12.2 Å². The van der Waals surface area contributed by atoms with Gasteiger partial charge >= 0.3 is 0 Å². The Balaban J connectivity index is 1.86. The molecular formula is C15H20NOS+. The zero-order chi connectivity index (χ0) is 12.4. The number of nitrogens with zero attached hydrogens (tertiary/aromatic N) is 1. The summed E-state index contributed by atoms with van der Waals surface area (Å²) in [5, 5.41) is 0. The van der Waals surface area contributed by atoms with Crippen LogP contribution in [0, 0.1) is 0 Å². The van der Waals surface area contributed by atoms with Gasteiger partial charge in [-0.1, -0.05) is 18.2 Å². The highest BCUT2D eigenvalue weighted by molar-refractivity contribution is 7.99. The van der Waals surface area contributed by atoms with Gasteiger partial charge in [0.05, 0.1) is 12.7 Å². The lowest BCUT2D eigenvalue weighted by Gasteiger charge is -2.22. The van der Waals surface area contributed by atoms with Gasteiger partial charge < -0.3 is 4.74 Å². The van der Waals surface area contributed by atoms with Crippen molar-refractivity contribution in [1.29, 1.82) is 0 Å². The van der Waals surface area contributed by atoms with Gasteiger partial charge in [-0.15, -0.1) is 0 Å². The van der Waals surface area contributed by atoms with Crippen LogP contribution >= 0.6 is 11.8 Å². The summed E-state index contributed by atoms with van der Waals surface area (Å²) in [5.41, 5.74) is 1.32. The second-order valence-corrected chi connectivity index (χ2v) is 6.10. The van der Waals surface area contributed by atoms with Crippen LogP contribution in [0.25, 0.3) is 0 Å². The van der Waals surface area contributed by atoms with E-state index in [1.807, 2.05) is 11.8 Å². The lowest BCUT2D eigenvalue weighted by molar-refractivity contribution is -0.547. The second-order valence-electron chi connectivity index (χ2n) is 5.11. The molecule has 0 aromatic heterocycles. The number of rotatable bonds is 2. The molecule has 1 fully saturated rings. The first-order valence-electron chi connectivity index (χ1n) is 6.78. The molecule has 0 amide bonds. The van der Waals surface area contributed by atoms with Crippen LogP contribution in [-0.4, -0.2) is 29.8 Å². The monoisotopic (exact) mass is 262 g/mol. The molecule has 0 bridgehead atoms. The van der Waals surface area contributed by atoms with Crippen LogP contribution in [-0.2, 0) is 0 Å². The average Bonchev–Trinajstić information content (AvgIpc) is 2.47. The molecule has 1 aromatic carbocycles. The van der Waals surface area contributed by atoms with E-state index in [1.54, 1.807) is 7.11 Å². The van der Waals surface area contributed by atoms with Crippen LogP contribution in [0.2, 0.25) is 0 Å². The normalized spacial score (nSPS) is 20.2. The second kappa shape index (κ2) is 5.35. The summed E-state index contributed by atoms with van der Waals surface area (Å²) in [4.78, 5) is 1.38. The number of ether oxygens (including phenoxy) is 1. The lowest BCUT2D eigenvalue weighted by Crippen LogP contribution is -2.31. The maximum Gasteiger partial charge on any atom is 0.193 e. The Morgan fingerprint density at radius 1 is 1.22 bits per heavy atom. The van der Waals surface area contributed by atoms with Crippen LogP contribution in [0.15, 0.2) is 23.1 Å². The van der Waals surface area contributed by atoms with Gasteiger partial charge in [-0.2, -0.15) is 0 Å². The third-order valence-corrected chi connectivity index (χ3v) is 5.04. The van der Waals surface area contributed by atoms with Gasteiger partial charge in [-0.25, -0.2) is 4.58 Å². The number of methoxy groups -OCH3 is 1. The van der Waals surface area contributed by atoms with E-state index in [2.05, 4.69) is 29.0 Å². The van der Waals surface area contributed by atoms with Crippen LogP contribution in [0.1, 0.15) is 37.7 Å². The van der Waals surface area contributed by atoms with E-state index in [0.29, 0.717) is 0 Å². The van der Waals surface area contributed by atoms with E-state index in [4.69, 9.17) is 4.74 Å². The minimum Gasteiger partial charge on any atom is -0.497 e. The highest BCUT2D eigenvalue weighted by Crippen LogP contribution is 2.31. The van der Waals surface area contributed by atoms with E-state index in [9.17, 15) is 0 Å². The first-order chi connectivity index (χ1) is 8.86. The molecule has 0 atom stereocenters. The van der Waals surface area contributed by atoms with Crippen molar-refractivity contribution < 1.29 is 9.31 Å². The molecule has 1 aliphatic heterocycles. The Morgan fingerprint density at radius 2 is 2.06 bits per heavy atom. The Morgan fingerprint density at radius 3 is 2.83 bits per heavy atom. The summed E-state index contributed by atoms with van der Waals surface area (Å²) in [6.45, 7) is 0. The number of hydrogen-bond acceptors (Lipinski definition) is 2. The molecule has 96 valence electrons. The third kappa shape index (κ3) is 2.41. The van der Waals surface area contributed by atoms with Gasteiger partial charge in [0.15, 0.2) is 18.1 Å². The van der Waals surface area contributed by atoms with Gasteiger partial charge in [0.1, 0.15) is 5.75 Å². The number of benzene rings is 1. The molecular weight excluding hydrogens is 242 g/mol. The minimum absolute atomic E-state index is 0.755. The van der Waals surface area contributed by atoms with Crippen LogP contribution in [0.5, 0.6) is 5.75 Å². The number of hydrogen-bond donors (Lipinski definition) is 0. The molecule has 1 aromatic rings. The number of thioether (sulfide) groups is 1. The van der Waals surface area contributed by atoms with Crippen molar-refractivity contribution in [3.8, 4) is 5.75 Å². The zero-order valence-electron chi connectivity index (χ0n) is 10.9. The lowest BCUT2D eigenvalue weighted by atomic mass is 9.95. The molecule has 1 aliphatic carbocycles. The Kier molecular flexibility index (Phi) is 3.59. The molecule has 3 heteroatoms. The molecule has 0 spiro atoms.